The monoisotopic (exact) mass is 406 g/mol. The molecule has 6 heteroatoms. The van der Waals surface area contributed by atoms with E-state index in [2.05, 4.69) is 0 Å². The van der Waals surface area contributed by atoms with Crippen molar-refractivity contribution >= 4 is 22.7 Å². The Labute approximate surface area is 172 Å². The van der Waals surface area contributed by atoms with Gasteiger partial charge in [-0.15, -0.1) is 0 Å². The first-order valence-corrected chi connectivity index (χ1v) is 10.1. The molecule has 0 unspecified atom stereocenters. The standard InChI is InChI=1S/C23H19FN2O2S/c1-28-19-11-9-16(10-12-19)14-26-22(27)20-7-2-3-8-21(20)25-23(26)29-15-17-5-4-6-18(24)13-17/h2-13H,14-15H2,1H3. The minimum Gasteiger partial charge on any atom is -0.497 e. The summed E-state index contributed by atoms with van der Waals surface area (Å²) in [5.41, 5.74) is 2.38. The second-order valence-electron chi connectivity index (χ2n) is 6.57. The van der Waals surface area contributed by atoms with Crippen molar-refractivity contribution in [3.63, 3.8) is 0 Å². The average Bonchev–Trinajstić information content (AvgIpc) is 2.75. The smallest absolute Gasteiger partial charge is 0.262 e. The molecule has 0 aliphatic rings. The average molecular weight is 406 g/mol. The Balaban J connectivity index is 1.72. The molecule has 0 aliphatic heterocycles. The largest absolute Gasteiger partial charge is 0.497 e. The third-order valence-corrected chi connectivity index (χ3v) is 5.63. The summed E-state index contributed by atoms with van der Waals surface area (Å²) in [6.07, 6.45) is 0. The van der Waals surface area contributed by atoms with E-state index in [0.29, 0.717) is 28.4 Å². The van der Waals surface area contributed by atoms with Crippen LogP contribution in [0.5, 0.6) is 5.75 Å². The fraction of sp³-hybridized carbons (Fsp3) is 0.130. The number of thioether (sulfide) groups is 1. The molecule has 3 aromatic carbocycles. The van der Waals surface area contributed by atoms with Gasteiger partial charge in [-0.3, -0.25) is 9.36 Å². The highest BCUT2D eigenvalue weighted by Crippen LogP contribution is 2.23. The molecule has 0 aliphatic carbocycles. The molecule has 0 saturated carbocycles. The van der Waals surface area contributed by atoms with Crippen LogP contribution in [0, 0.1) is 5.82 Å². The number of rotatable bonds is 6. The van der Waals surface area contributed by atoms with Crippen molar-refractivity contribution in [3.05, 3.63) is 100 Å². The Morgan fingerprint density at radius 3 is 2.55 bits per heavy atom. The topological polar surface area (TPSA) is 44.1 Å². The molecule has 0 radical (unpaired) electrons. The van der Waals surface area contributed by atoms with Gasteiger partial charge < -0.3 is 4.74 Å². The Morgan fingerprint density at radius 1 is 1.00 bits per heavy atom. The Kier molecular flexibility index (Phi) is 5.62. The summed E-state index contributed by atoms with van der Waals surface area (Å²) >= 11 is 1.43. The van der Waals surface area contributed by atoms with E-state index in [9.17, 15) is 9.18 Å². The zero-order valence-corrected chi connectivity index (χ0v) is 16.7. The highest BCUT2D eigenvalue weighted by molar-refractivity contribution is 7.98. The molecular formula is C23H19FN2O2S. The van der Waals surface area contributed by atoms with E-state index in [1.165, 1.54) is 23.9 Å². The van der Waals surface area contributed by atoms with Gasteiger partial charge in [-0.05, 0) is 47.5 Å². The second kappa shape index (κ2) is 8.49. The second-order valence-corrected chi connectivity index (χ2v) is 7.51. The number of hydrogen-bond acceptors (Lipinski definition) is 4. The molecule has 0 saturated heterocycles. The van der Waals surface area contributed by atoms with E-state index >= 15 is 0 Å². The summed E-state index contributed by atoms with van der Waals surface area (Å²) in [7, 11) is 1.62. The summed E-state index contributed by atoms with van der Waals surface area (Å²) in [5.74, 6) is 1.01. The van der Waals surface area contributed by atoms with E-state index in [1.807, 2.05) is 48.5 Å². The van der Waals surface area contributed by atoms with Crippen LogP contribution in [0.1, 0.15) is 11.1 Å². The number of hydrogen-bond donors (Lipinski definition) is 0. The van der Waals surface area contributed by atoms with Crippen molar-refractivity contribution in [2.75, 3.05) is 7.11 Å². The lowest BCUT2D eigenvalue weighted by atomic mass is 10.2. The van der Waals surface area contributed by atoms with Crippen LogP contribution in [0.2, 0.25) is 0 Å². The summed E-state index contributed by atoms with van der Waals surface area (Å²) in [5, 5.41) is 1.19. The van der Waals surface area contributed by atoms with Crippen molar-refractivity contribution in [2.45, 2.75) is 17.5 Å². The van der Waals surface area contributed by atoms with Gasteiger partial charge in [0, 0.05) is 5.75 Å². The van der Waals surface area contributed by atoms with Crippen LogP contribution >= 0.6 is 11.8 Å². The summed E-state index contributed by atoms with van der Waals surface area (Å²) in [4.78, 5) is 17.9. The molecule has 1 aromatic heterocycles. The van der Waals surface area contributed by atoms with Gasteiger partial charge in [0.25, 0.3) is 5.56 Å². The van der Waals surface area contributed by atoms with E-state index in [0.717, 1.165) is 16.9 Å². The van der Waals surface area contributed by atoms with Crippen LogP contribution in [0.3, 0.4) is 0 Å². The maximum atomic E-state index is 13.5. The highest BCUT2D eigenvalue weighted by Gasteiger charge is 2.12. The predicted molar refractivity (Wildman–Crippen MR) is 114 cm³/mol. The van der Waals surface area contributed by atoms with Gasteiger partial charge in [-0.25, -0.2) is 9.37 Å². The molecule has 0 bridgehead atoms. The molecule has 0 spiro atoms. The van der Waals surface area contributed by atoms with Gasteiger partial charge in [0.15, 0.2) is 5.16 Å². The molecule has 0 fully saturated rings. The van der Waals surface area contributed by atoms with Crippen molar-refractivity contribution in [3.8, 4) is 5.75 Å². The molecule has 4 nitrogen and oxygen atoms in total. The molecular weight excluding hydrogens is 387 g/mol. The van der Waals surface area contributed by atoms with Crippen molar-refractivity contribution in [1.29, 1.82) is 0 Å². The predicted octanol–water partition coefficient (Wildman–Crippen LogP) is 4.88. The lowest BCUT2D eigenvalue weighted by Gasteiger charge is -2.13. The number of fused-ring (bicyclic) bond motifs is 1. The number of nitrogens with zero attached hydrogens (tertiary/aromatic N) is 2. The first kappa shape index (κ1) is 19.2. The lowest BCUT2D eigenvalue weighted by Crippen LogP contribution is -2.24. The lowest BCUT2D eigenvalue weighted by molar-refractivity contribution is 0.414. The van der Waals surface area contributed by atoms with Gasteiger partial charge >= 0.3 is 0 Å². The Hall–Kier alpha value is -3.12. The molecule has 0 amide bonds. The number of benzene rings is 3. The third kappa shape index (κ3) is 4.32. The van der Waals surface area contributed by atoms with Crippen molar-refractivity contribution in [2.24, 2.45) is 0 Å². The van der Waals surface area contributed by atoms with Gasteiger partial charge in [0.05, 0.1) is 24.6 Å². The fourth-order valence-corrected chi connectivity index (χ4v) is 4.03. The normalized spacial score (nSPS) is 11.0. The van der Waals surface area contributed by atoms with Gasteiger partial charge in [0.2, 0.25) is 0 Å². The van der Waals surface area contributed by atoms with Crippen LogP contribution in [-0.2, 0) is 12.3 Å². The van der Waals surface area contributed by atoms with Crippen LogP contribution in [0.15, 0.2) is 82.7 Å². The first-order valence-electron chi connectivity index (χ1n) is 9.14. The van der Waals surface area contributed by atoms with Gasteiger partial charge in [-0.1, -0.05) is 48.2 Å². The van der Waals surface area contributed by atoms with Gasteiger partial charge in [0.1, 0.15) is 11.6 Å². The third-order valence-electron chi connectivity index (χ3n) is 4.58. The molecule has 4 rings (SSSR count). The molecule has 29 heavy (non-hydrogen) atoms. The zero-order valence-electron chi connectivity index (χ0n) is 15.8. The maximum absolute atomic E-state index is 13.5. The number of halogens is 1. The molecule has 4 aromatic rings. The van der Waals surface area contributed by atoms with Crippen molar-refractivity contribution < 1.29 is 9.13 Å². The quantitative estimate of drug-likeness (QED) is 0.338. The highest BCUT2D eigenvalue weighted by atomic mass is 32.2. The SMILES string of the molecule is COc1ccc(Cn2c(SCc3cccc(F)c3)nc3ccccc3c2=O)cc1. The number of methoxy groups -OCH3 is 1. The summed E-state index contributed by atoms with van der Waals surface area (Å²) in [6.45, 7) is 0.395. The number of aromatic nitrogens is 2. The zero-order chi connectivity index (χ0) is 20.2. The van der Waals surface area contributed by atoms with Crippen LogP contribution in [0.25, 0.3) is 10.9 Å². The van der Waals surface area contributed by atoms with E-state index < -0.39 is 0 Å². The van der Waals surface area contributed by atoms with Crippen LogP contribution in [-0.4, -0.2) is 16.7 Å². The van der Waals surface area contributed by atoms with E-state index in [1.54, 1.807) is 23.8 Å². The number of ether oxygens (including phenoxy) is 1. The van der Waals surface area contributed by atoms with Crippen molar-refractivity contribution in [1.82, 2.24) is 9.55 Å². The summed E-state index contributed by atoms with van der Waals surface area (Å²) in [6, 6.07) is 21.4. The molecule has 0 atom stereocenters. The Morgan fingerprint density at radius 2 is 1.79 bits per heavy atom. The van der Waals surface area contributed by atoms with Crippen LogP contribution < -0.4 is 10.3 Å². The molecule has 0 N–H and O–H groups in total. The molecule has 146 valence electrons. The minimum absolute atomic E-state index is 0.0897. The Bertz CT molecular complexity index is 1210. The van der Waals surface area contributed by atoms with E-state index in [-0.39, 0.29) is 11.4 Å². The van der Waals surface area contributed by atoms with Gasteiger partial charge in [-0.2, -0.15) is 0 Å². The van der Waals surface area contributed by atoms with E-state index in [4.69, 9.17) is 9.72 Å². The summed E-state index contributed by atoms with van der Waals surface area (Å²) < 4.78 is 20.4. The minimum atomic E-state index is -0.273. The van der Waals surface area contributed by atoms with Crippen LogP contribution in [0.4, 0.5) is 4.39 Å². The number of para-hydroxylation sites is 1. The first-order chi connectivity index (χ1) is 14.1. The molecule has 1 heterocycles. The maximum Gasteiger partial charge on any atom is 0.262 e. The fourth-order valence-electron chi connectivity index (χ4n) is 3.09.